The summed E-state index contributed by atoms with van der Waals surface area (Å²) in [6, 6.07) is 16.0. The van der Waals surface area contributed by atoms with Crippen LogP contribution in [0.15, 0.2) is 67.0 Å². The first-order chi connectivity index (χ1) is 15.5. The van der Waals surface area contributed by atoms with Crippen LogP contribution in [0.25, 0.3) is 5.69 Å². The number of rotatable bonds is 4. The van der Waals surface area contributed by atoms with Crippen molar-refractivity contribution in [2.24, 2.45) is 0 Å². The second-order valence-corrected chi connectivity index (χ2v) is 7.64. The Morgan fingerprint density at radius 2 is 1.69 bits per heavy atom. The topological polar surface area (TPSA) is 89.8 Å². The van der Waals surface area contributed by atoms with Crippen LogP contribution in [0, 0.1) is 0 Å². The number of para-hydroxylation sites is 1. The van der Waals surface area contributed by atoms with Crippen molar-refractivity contribution in [1.29, 1.82) is 0 Å². The largest absolute Gasteiger partial charge is 0.443 e. The van der Waals surface area contributed by atoms with Crippen LogP contribution >= 0.6 is 0 Å². The molecule has 0 radical (unpaired) electrons. The Hall–Kier alpha value is -3.72. The minimum Gasteiger partial charge on any atom is -0.443 e. The maximum atomic E-state index is 13.5. The molecule has 0 aliphatic carbocycles. The zero-order valence-electron chi connectivity index (χ0n) is 18.0. The number of ether oxygens (including phenoxy) is 1. The summed E-state index contributed by atoms with van der Waals surface area (Å²) < 4.78 is 5.39. The van der Waals surface area contributed by atoms with Gasteiger partial charge in [-0.1, -0.05) is 42.5 Å². The molecule has 1 fully saturated rings. The Balaban J connectivity index is 1.48. The first-order valence-electron chi connectivity index (χ1n) is 10.4. The lowest BCUT2D eigenvalue weighted by Gasteiger charge is -2.32. The lowest BCUT2D eigenvalue weighted by Crippen LogP contribution is -2.47. The summed E-state index contributed by atoms with van der Waals surface area (Å²) in [5, 5.41) is 9.50. The van der Waals surface area contributed by atoms with Crippen molar-refractivity contribution < 1.29 is 19.2 Å². The highest BCUT2D eigenvalue weighted by molar-refractivity contribution is 5.98. The number of carbonyl (C=O) groups is 2. The molecule has 9 nitrogen and oxygen atoms in total. The summed E-state index contributed by atoms with van der Waals surface area (Å²) in [4.78, 5) is 35.0. The van der Waals surface area contributed by atoms with Crippen LogP contribution in [0.3, 0.4) is 0 Å². The Kier molecular flexibility index (Phi) is 6.46. The van der Waals surface area contributed by atoms with Crippen LogP contribution in [0.5, 0.6) is 0 Å². The third-order valence-corrected chi connectivity index (χ3v) is 5.26. The van der Waals surface area contributed by atoms with E-state index in [1.54, 1.807) is 35.5 Å². The summed E-state index contributed by atoms with van der Waals surface area (Å²) in [5.41, 5.74) is 1.95. The second-order valence-electron chi connectivity index (χ2n) is 7.64. The standard InChI is InChI=1S/C23H25N5O4/c1-17-14-26(23(30)31-16-19-8-4-3-5-9-19)32-15-18(2)27(17)22(29)20-10-6-7-11-21(20)28-24-12-13-25-28/h3-13,17-18H,14-16H2,1-2H3/t17-,18+/m0/s1. The summed E-state index contributed by atoms with van der Waals surface area (Å²) in [6.07, 6.45) is 2.54. The number of hydroxylamine groups is 2. The first kappa shape index (κ1) is 21.5. The zero-order chi connectivity index (χ0) is 22.5. The molecule has 2 amide bonds. The minimum atomic E-state index is -0.580. The number of hydrogen-bond donors (Lipinski definition) is 0. The van der Waals surface area contributed by atoms with Gasteiger partial charge >= 0.3 is 6.09 Å². The molecular formula is C23H25N5O4. The van der Waals surface area contributed by atoms with Crippen LogP contribution in [0.2, 0.25) is 0 Å². The van der Waals surface area contributed by atoms with Crippen LogP contribution < -0.4 is 0 Å². The van der Waals surface area contributed by atoms with Crippen molar-refractivity contribution in [1.82, 2.24) is 25.0 Å². The average Bonchev–Trinajstić information content (AvgIpc) is 3.31. The molecule has 166 valence electrons. The molecule has 32 heavy (non-hydrogen) atoms. The fourth-order valence-corrected chi connectivity index (χ4v) is 3.72. The van der Waals surface area contributed by atoms with E-state index >= 15 is 0 Å². The number of aromatic nitrogens is 3. The van der Waals surface area contributed by atoms with Crippen molar-refractivity contribution in [3.8, 4) is 5.69 Å². The molecule has 1 aliphatic rings. The third-order valence-electron chi connectivity index (χ3n) is 5.26. The van der Waals surface area contributed by atoms with Crippen molar-refractivity contribution in [2.75, 3.05) is 13.2 Å². The van der Waals surface area contributed by atoms with E-state index < -0.39 is 6.09 Å². The molecule has 3 aromatic rings. The monoisotopic (exact) mass is 435 g/mol. The van der Waals surface area contributed by atoms with Gasteiger partial charge in [-0.25, -0.2) is 4.79 Å². The number of nitrogens with zero attached hydrogens (tertiary/aromatic N) is 5. The normalized spacial score (nSPS) is 18.8. The van der Waals surface area contributed by atoms with E-state index in [4.69, 9.17) is 9.57 Å². The fraction of sp³-hybridized carbons (Fsp3) is 0.304. The Bertz CT molecular complexity index is 1060. The number of hydrogen-bond acceptors (Lipinski definition) is 6. The Morgan fingerprint density at radius 1 is 1.00 bits per heavy atom. The highest BCUT2D eigenvalue weighted by Crippen LogP contribution is 2.22. The van der Waals surface area contributed by atoms with E-state index in [1.807, 2.05) is 50.2 Å². The summed E-state index contributed by atoms with van der Waals surface area (Å²) in [6.45, 7) is 4.28. The highest BCUT2D eigenvalue weighted by Gasteiger charge is 2.35. The van der Waals surface area contributed by atoms with Gasteiger partial charge in [0, 0.05) is 6.04 Å². The molecule has 0 saturated carbocycles. The maximum absolute atomic E-state index is 13.5. The van der Waals surface area contributed by atoms with Crippen molar-refractivity contribution in [2.45, 2.75) is 32.5 Å². The molecule has 9 heteroatoms. The van der Waals surface area contributed by atoms with Crippen LogP contribution in [0.1, 0.15) is 29.8 Å². The number of benzene rings is 2. The lowest BCUT2D eigenvalue weighted by molar-refractivity contribution is -0.133. The van der Waals surface area contributed by atoms with Gasteiger partial charge in [0.15, 0.2) is 0 Å². The highest BCUT2D eigenvalue weighted by atomic mass is 16.7. The molecule has 0 unspecified atom stereocenters. The molecule has 1 aromatic heterocycles. The van der Waals surface area contributed by atoms with Crippen LogP contribution in [-0.2, 0) is 16.2 Å². The molecule has 4 rings (SSSR count). The van der Waals surface area contributed by atoms with E-state index in [2.05, 4.69) is 10.2 Å². The molecule has 2 atom stereocenters. The SMILES string of the molecule is C[C@@H]1CON(C(=O)OCc2ccccc2)C[C@H](C)N1C(=O)c1ccccc1-n1nccn1. The zero-order valence-corrected chi connectivity index (χ0v) is 18.0. The smallest absolute Gasteiger partial charge is 0.434 e. The van der Waals surface area contributed by atoms with Gasteiger partial charge < -0.3 is 9.64 Å². The van der Waals surface area contributed by atoms with Gasteiger partial charge in [0.25, 0.3) is 5.91 Å². The summed E-state index contributed by atoms with van der Waals surface area (Å²) in [7, 11) is 0. The fourth-order valence-electron chi connectivity index (χ4n) is 3.72. The van der Waals surface area contributed by atoms with Crippen LogP contribution in [0.4, 0.5) is 4.79 Å². The van der Waals surface area contributed by atoms with Crippen molar-refractivity contribution in [3.63, 3.8) is 0 Å². The van der Waals surface area contributed by atoms with E-state index in [0.717, 1.165) is 5.56 Å². The molecule has 0 bridgehead atoms. The van der Waals surface area contributed by atoms with Gasteiger partial charge in [0.1, 0.15) is 6.61 Å². The summed E-state index contributed by atoms with van der Waals surface area (Å²) >= 11 is 0. The average molecular weight is 435 g/mol. The maximum Gasteiger partial charge on any atom is 0.434 e. The molecule has 0 N–H and O–H groups in total. The minimum absolute atomic E-state index is 0.149. The van der Waals surface area contributed by atoms with Crippen molar-refractivity contribution in [3.05, 3.63) is 78.1 Å². The molecule has 0 spiro atoms. The molecule has 1 aliphatic heterocycles. The van der Waals surface area contributed by atoms with E-state index in [-0.39, 0.29) is 37.7 Å². The van der Waals surface area contributed by atoms with Gasteiger partial charge in [0.2, 0.25) is 0 Å². The summed E-state index contributed by atoms with van der Waals surface area (Å²) in [5.74, 6) is -0.180. The van der Waals surface area contributed by atoms with Gasteiger partial charge in [0.05, 0.1) is 42.8 Å². The number of carbonyl (C=O) groups excluding carboxylic acids is 2. The molecule has 2 aromatic carbocycles. The predicted molar refractivity (Wildman–Crippen MR) is 116 cm³/mol. The third kappa shape index (κ3) is 4.62. The molecule has 2 heterocycles. The lowest BCUT2D eigenvalue weighted by atomic mass is 10.1. The number of amides is 2. The van der Waals surface area contributed by atoms with Gasteiger partial charge in [-0.2, -0.15) is 20.1 Å². The molecule has 1 saturated heterocycles. The van der Waals surface area contributed by atoms with E-state index in [0.29, 0.717) is 11.3 Å². The first-order valence-corrected chi connectivity index (χ1v) is 10.4. The van der Waals surface area contributed by atoms with Crippen molar-refractivity contribution >= 4 is 12.0 Å². The molecular weight excluding hydrogens is 410 g/mol. The quantitative estimate of drug-likeness (QED) is 0.626. The van der Waals surface area contributed by atoms with Crippen LogP contribution in [-0.4, -0.2) is 62.2 Å². The predicted octanol–water partition coefficient (Wildman–Crippen LogP) is 3.07. The Labute approximate surface area is 186 Å². The Morgan fingerprint density at radius 3 is 2.44 bits per heavy atom. The van der Waals surface area contributed by atoms with E-state index in [1.165, 1.54) is 9.86 Å². The van der Waals surface area contributed by atoms with E-state index in [9.17, 15) is 9.59 Å². The van der Waals surface area contributed by atoms with Gasteiger partial charge in [-0.15, -0.1) is 0 Å². The van der Waals surface area contributed by atoms with Gasteiger partial charge in [-0.05, 0) is 31.5 Å². The van der Waals surface area contributed by atoms with Gasteiger partial charge in [-0.3, -0.25) is 9.63 Å². The second kappa shape index (κ2) is 9.61.